The Balaban J connectivity index is 2.26. The Kier molecular flexibility index (Phi) is 3.50. The van der Waals surface area contributed by atoms with Crippen LogP contribution in [0.15, 0.2) is 23.6 Å². The van der Waals surface area contributed by atoms with E-state index in [0.717, 1.165) is 22.7 Å². The van der Waals surface area contributed by atoms with Crippen molar-refractivity contribution in [3.63, 3.8) is 0 Å². The van der Waals surface area contributed by atoms with Crippen LogP contribution in [0.4, 0.5) is 4.39 Å². The van der Waals surface area contributed by atoms with Crippen molar-refractivity contribution in [3.8, 4) is 11.3 Å². The van der Waals surface area contributed by atoms with Crippen LogP contribution in [0.2, 0.25) is 0 Å². The predicted octanol–water partition coefficient (Wildman–Crippen LogP) is 3.54. The van der Waals surface area contributed by atoms with Crippen molar-refractivity contribution in [1.82, 2.24) is 4.98 Å². The molecule has 2 rings (SSSR count). The first kappa shape index (κ1) is 13.2. The van der Waals surface area contributed by atoms with Crippen molar-refractivity contribution in [2.24, 2.45) is 5.73 Å². The molecule has 0 aliphatic carbocycles. The van der Waals surface area contributed by atoms with Gasteiger partial charge in [0.2, 0.25) is 0 Å². The summed E-state index contributed by atoms with van der Waals surface area (Å²) in [6, 6.07) is 5.06. The first-order valence-electron chi connectivity index (χ1n) is 5.85. The highest BCUT2D eigenvalue weighted by Gasteiger charge is 2.15. The summed E-state index contributed by atoms with van der Waals surface area (Å²) < 4.78 is 13.2. The van der Waals surface area contributed by atoms with Gasteiger partial charge in [0.25, 0.3) is 0 Å². The second-order valence-electron chi connectivity index (χ2n) is 5.26. The summed E-state index contributed by atoms with van der Waals surface area (Å²) in [7, 11) is 0. The molecule has 96 valence electrons. The molecule has 18 heavy (non-hydrogen) atoms. The summed E-state index contributed by atoms with van der Waals surface area (Å²) in [5.74, 6) is -0.183. The van der Waals surface area contributed by atoms with E-state index in [1.54, 1.807) is 24.3 Å². The van der Waals surface area contributed by atoms with Gasteiger partial charge in [0.05, 0.1) is 10.7 Å². The van der Waals surface area contributed by atoms with E-state index in [1.165, 1.54) is 6.07 Å². The highest BCUT2D eigenvalue weighted by Crippen LogP contribution is 2.25. The third-order valence-electron chi connectivity index (χ3n) is 2.61. The molecule has 2 aromatic rings. The van der Waals surface area contributed by atoms with Crippen LogP contribution in [0, 0.1) is 12.7 Å². The molecule has 4 heteroatoms. The molecule has 1 heterocycles. The van der Waals surface area contributed by atoms with E-state index in [-0.39, 0.29) is 11.4 Å². The minimum Gasteiger partial charge on any atom is -0.325 e. The number of aryl methyl sites for hydroxylation is 1. The zero-order valence-corrected chi connectivity index (χ0v) is 11.6. The first-order chi connectivity index (χ1) is 8.35. The Labute approximate surface area is 111 Å². The molecule has 0 aliphatic rings. The van der Waals surface area contributed by atoms with Crippen LogP contribution in [-0.2, 0) is 6.42 Å². The zero-order valence-electron chi connectivity index (χ0n) is 10.8. The largest absolute Gasteiger partial charge is 0.325 e. The number of hydrogen-bond acceptors (Lipinski definition) is 3. The van der Waals surface area contributed by atoms with Crippen molar-refractivity contribution in [3.05, 3.63) is 40.0 Å². The topological polar surface area (TPSA) is 38.9 Å². The van der Waals surface area contributed by atoms with Crippen molar-refractivity contribution in [1.29, 1.82) is 0 Å². The van der Waals surface area contributed by atoms with Gasteiger partial charge < -0.3 is 5.73 Å². The maximum atomic E-state index is 13.2. The number of aromatic nitrogens is 1. The SMILES string of the molecule is Cc1cc(-c2csc(CC(C)(C)N)n2)ccc1F. The zero-order chi connectivity index (χ0) is 13.3. The Morgan fingerprint density at radius 2 is 2.11 bits per heavy atom. The van der Waals surface area contributed by atoms with Crippen LogP contribution in [0.25, 0.3) is 11.3 Å². The molecule has 0 spiro atoms. The molecular weight excluding hydrogens is 247 g/mol. The van der Waals surface area contributed by atoms with Gasteiger partial charge in [0, 0.05) is 22.9 Å². The van der Waals surface area contributed by atoms with Gasteiger partial charge in [-0.1, -0.05) is 0 Å². The number of halogens is 1. The maximum Gasteiger partial charge on any atom is 0.126 e. The molecule has 0 saturated heterocycles. The maximum absolute atomic E-state index is 13.2. The molecule has 0 saturated carbocycles. The molecule has 0 atom stereocenters. The normalized spacial score (nSPS) is 11.8. The molecule has 0 fully saturated rings. The molecule has 0 radical (unpaired) electrons. The number of thiazole rings is 1. The minimum absolute atomic E-state index is 0.183. The van der Waals surface area contributed by atoms with Gasteiger partial charge in [0.1, 0.15) is 5.82 Å². The third-order valence-corrected chi connectivity index (χ3v) is 3.46. The van der Waals surface area contributed by atoms with Gasteiger partial charge in [-0.2, -0.15) is 0 Å². The number of nitrogens with two attached hydrogens (primary N) is 1. The predicted molar refractivity (Wildman–Crippen MR) is 74.2 cm³/mol. The van der Waals surface area contributed by atoms with E-state index in [4.69, 9.17) is 5.73 Å². The number of rotatable bonds is 3. The number of benzene rings is 1. The molecule has 1 aromatic carbocycles. The van der Waals surface area contributed by atoms with E-state index in [0.29, 0.717) is 5.56 Å². The Morgan fingerprint density at radius 3 is 2.72 bits per heavy atom. The van der Waals surface area contributed by atoms with Crippen LogP contribution in [0.5, 0.6) is 0 Å². The fourth-order valence-electron chi connectivity index (χ4n) is 1.72. The lowest BCUT2D eigenvalue weighted by Crippen LogP contribution is -2.34. The second-order valence-corrected chi connectivity index (χ2v) is 6.20. The second kappa shape index (κ2) is 4.78. The summed E-state index contributed by atoms with van der Waals surface area (Å²) in [6.45, 7) is 5.72. The highest BCUT2D eigenvalue weighted by atomic mass is 32.1. The molecule has 2 nitrogen and oxygen atoms in total. The minimum atomic E-state index is -0.256. The van der Waals surface area contributed by atoms with Gasteiger partial charge in [-0.3, -0.25) is 0 Å². The summed E-state index contributed by atoms with van der Waals surface area (Å²) >= 11 is 1.60. The van der Waals surface area contributed by atoms with Crippen LogP contribution < -0.4 is 5.73 Å². The van der Waals surface area contributed by atoms with Crippen LogP contribution in [0.3, 0.4) is 0 Å². The average Bonchev–Trinajstić information content (AvgIpc) is 2.68. The fourth-order valence-corrected chi connectivity index (χ4v) is 2.76. The quantitative estimate of drug-likeness (QED) is 0.921. The van der Waals surface area contributed by atoms with Gasteiger partial charge >= 0.3 is 0 Å². The smallest absolute Gasteiger partial charge is 0.126 e. The molecule has 0 aliphatic heterocycles. The van der Waals surface area contributed by atoms with E-state index in [9.17, 15) is 4.39 Å². The fraction of sp³-hybridized carbons (Fsp3) is 0.357. The third kappa shape index (κ3) is 3.15. The molecule has 0 unspecified atom stereocenters. The van der Waals surface area contributed by atoms with Gasteiger partial charge in [-0.05, 0) is 44.5 Å². The Hall–Kier alpha value is -1.26. The molecular formula is C14H17FN2S. The summed E-state index contributed by atoms with van der Waals surface area (Å²) in [5.41, 5.74) is 8.20. The van der Waals surface area contributed by atoms with E-state index >= 15 is 0 Å². The average molecular weight is 264 g/mol. The Morgan fingerprint density at radius 1 is 1.39 bits per heavy atom. The number of hydrogen-bond donors (Lipinski definition) is 1. The monoisotopic (exact) mass is 264 g/mol. The van der Waals surface area contributed by atoms with Crippen molar-refractivity contribution >= 4 is 11.3 Å². The number of nitrogens with zero attached hydrogens (tertiary/aromatic N) is 1. The highest BCUT2D eigenvalue weighted by molar-refractivity contribution is 7.09. The first-order valence-corrected chi connectivity index (χ1v) is 6.73. The van der Waals surface area contributed by atoms with Crippen LogP contribution in [0.1, 0.15) is 24.4 Å². The van der Waals surface area contributed by atoms with Gasteiger partial charge in [0.15, 0.2) is 0 Å². The van der Waals surface area contributed by atoms with Crippen LogP contribution in [-0.4, -0.2) is 10.5 Å². The lowest BCUT2D eigenvalue weighted by atomic mass is 10.0. The van der Waals surface area contributed by atoms with Gasteiger partial charge in [-0.15, -0.1) is 11.3 Å². The van der Waals surface area contributed by atoms with E-state index in [2.05, 4.69) is 4.98 Å². The van der Waals surface area contributed by atoms with Crippen molar-refractivity contribution in [2.75, 3.05) is 0 Å². The van der Waals surface area contributed by atoms with E-state index in [1.807, 2.05) is 25.3 Å². The lowest BCUT2D eigenvalue weighted by molar-refractivity contribution is 0.515. The van der Waals surface area contributed by atoms with Crippen molar-refractivity contribution < 1.29 is 4.39 Å². The van der Waals surface area contributed by atoms with Gasteiger partial charge in [-0.25, -0.2) is 9.37 Å². The lowest BCUT2D eigenvalue weighted by Gasteiger charge is -2.15. The standard InChI is InChI=1S/C14H17FN2S/c1-9-6-10(4-5-11(9)15)12-8-18-13(17-12)7-14(2,3)16/h4-6,8H,7,16H2,1-3H3. The summed E-state index contributed by atoms with van der Waals surface area (Å²) in [5, 5.41) is 3.01. The molecule has 1 aromatic heterocycles. The van der Waals surface area contributed by atoms with E-state index < -0.39 is 0 Å². The molecule has 0 amide bonds. The Bertz CT molecular complexity index is 555. The molecule has 0 bridgehead atoms. The van der Waals surface area contributed by atoms with Crippen molar-refractivity contribution in [2.45, 2.75) is 32.7 Å². The van der Waals surface area contributed by atoms with Crippen LogP contribution >= 0.6 is 11.3 Å². The molecule has 2 N–H and O–H groups in total. The summed E-state index contributed by atoms with van der Waals surface area (Å²) in [4.78, 5) is 4.55. The summed E-state index contributed by atoms with van der Waals surface area (Å²) in [6.07, 6.45) is 0.748.